The third kappa shape index (κ3) is 4.66. The molecule has 1 aromatic carbocycles. The minimum atomic E-state index is -0.665. The number of aliphatic hydroxyl groups is 2. The number of hydrogen-bond donors (Lipinski definition) is 3. The molecule has 3 N–H and O–H groups in total. The van der Waals surface area contributed by atoms with E-state index in [0.717, 1.165) is 25.8 Å². The van der Waals surface area contributed by atoms with Crippen LogP contribution in [-0.4, -0.2) is 53.6 Å². The zero-order valence-electron chi connectivity index (χ0n) is 12.5. The maximum atomic E-state index is 10.7. The maximum absolute atomic E-state index is 10.7. The molecule has 1 aliphatic rings. The van der Waals surface area contributed by atoms with Crippen molar-refractivity contribution in [3.8, 4) is 5.75 Å². The van der Waals surface area contributed by atoms with E-state index >= 15 is 0 Å². The van der Waals surface area contributed by atoms with Crippen LogP contribution in [0.4, 0.5) is 5.69 Å². The molecule has 0 aromatic heterocycles. The van der Waals surface area contributed by atoms with Crippen molar-refractivity contribution >= 4 is 5.69 Å². The van der Waals surface area contributed by atoms with Crippen LogP contribution in [0.3, 0.4) is 0 Å². The van der Waals surface area contributed by atoms with Gasteiger partial charge in [-0.25, -0.2) is 0 Å². The Morgan fingerprint density at radius 2 is 2.27 bits per heavy atom. The number of rotatable bonds is 7. The van der Waals surface area contributed by atoms with Gasteiger partial charge in [-0.1, -0.05) is 6.07 Å². The highest BCUT2D eigenvalue weighted by Crippen LogP contribution is 2.19. The van der Waals surface area contributed by atoms with Gasteiger partial charge in [0.1, 0.15) is 31.0 Å². The van der Waals surface area contributed by atoms with Crippen molar-refractivity contribution in [3.05, 3.63) is 34.4 Å². The Balaban J connectivity index is 1.83. The van der Waals surface area contributed by atoms with Crippen LogP contribution >= 0.6 is 0 Å². The standard InChI is InChI=1S/C15H22N2O5/c18-10-13-4-1-2-7-16(13)9-14(19)11-22-15-6-3-5-12(8-15)17(20)21/h3,5-6,8,13-14,18-19H,1-2,4,7,9-11H2/p+1/t13-,14+/m0/s1. The van der Waals surface area contributed by atoms with Gasteiger partial charge in [0.05, 0.1) is 24.1 Å². The second-order valence-electron chi connectivity index (χ2n) is 5.71. The van der Waals surface area contributed by atoms with Gasteiger partial charge in [0, 0.05) is 12.5 Å². The van der Waals surface area contributed by atoms with Crippen molar-refractivity contribution in [2.45, 2.75) is 31.4 Å². The van der Waals surface area contributed by atoms with E-state index in [1.165, 1.54) is 17.0 Å². The first kappa shape index (κ1) is 16.7. The molecule has 2 rings (SSSR count). The molecule has 1 unspecified atom stereocenters. The predicted molar refractivity (Wildman–Crippen MR) is 80.0 cm³/mol. The monoisotopic (exact) mass is 311 g/mol. The van der Waals surface area contributed by atoms with Crippen LogP contribution in [0.25, 0.3) is 0 Å². The number of nitro groups is 1. The molecule has 3 atom stereocenters. The van der Waals surface area contributed by atoms with Crippen molar-refractivity contribution in [3.63, 3.8) is 0 Å². The summed E-state index contributed by atoms with van der Waals surface area (Å²) in [6, 6.07) is 6.10. The molecule has 0 bridgehead atoms. The molecule has 22 heavy (non-hydrogen) atoms. The molecule has 122 valence electrons. The van der Waals surface area contributed by atoms with Crippen LogP contribution in [0.1, 0.15) is 19.3 Å². The van der Waals surface area contributed by atoms with Crippen LogP contribution in [-0.2, 0) is 0 Å². The summed E-state index contributed by atoms with van der Waals surface area (Å²) in [4.78, 5) is 11.4. The van der Waals surface area contributed by atoms with Gasteiger partial charge in [-0.2, -0.15) is 0 Å². The third-order valence-corrected chi connectivity index (χ3v) is 4.07. The molecule has 1 fully saturated rings. The Hall–Kier alpha value is -1.70. The lowest BCUT2D eigenvalue weighted by molar-refractivity contribution is -0.933. The van der Waals surface area contributed by atoms with Gasteiger partial charge in [-0.05, 0) is 18.9 Å². The molecule has 1 saturated heterocycles. The zero-order chi connectivity index (χ0) is 15.9. The zero-order valence-corrected chi connectivity index (χ0v) is 12.5. The lowest BCUT2D eigenvalue weighted by Gasteiger charge is -2.32. The first-order valence-electron chi connectivity index (χ1n) is 7.61. The maximum Gasteiger partial charge on any atom is 0.273 e. The van der Waals surface area contributed by atoms with Gasteiger partial charge < -0.3 is 19.8 Å². The Labute approximate surface area is 129 Å². The fraction of sp³-hybridized carbons (Fsp3) is 0.600. The average molecular weight is 311 g/mol. The summed E-state index contributed by atoms with van der Waals surface area (Å²) in [5, 5.41) is 30.2. The largest absolute Gasteiger partial charge is 0.490 e. The van der Waals surface area contributed by atoms with E-state index in [2.05, 4.69) is 0 Å². The summed E-state index contributed by atoms with van der Waals surface area (Å²) in [6.07, 6.45) is 2.53. The minimum Gasteiger partial charge on any atom is -0.490 e. The molecule has 0 spiro atoms. The van der Waals surface area contributed by atoms with E-state index < -0.39 is 11.0 Å². The fourth-order valence-corrected chi connectivity index (χ4v) is 2.88. The highest BCUT2D eigenvalue weighted by atomic mass is 16.6. The predicted octanol–water partition coefficient (Wildman–Crippen LogP) is -0.236. The number of non-ortho nitro benzene ring substituents is 1. The molecular formula is C15H23N2O5+. The normalized spacial score (nSPS) is 23.0. The van der Waals surface area contributed by atoms with E-state index in [1.807, 2.05) is 0 Å². The fourth-order valence-electron chi connectivity index (χ4n) is 2.88. The summed E-state index contributed by atoms with van der Waals surface area (Å²) >= 11 is 0. The third-order valence-electron chi connectivity index (χ3n) is 4.07. The lowest BCUT2D eigenvalue weighted by atomic mass is 10.0. The Morgan fingerprint density at radius 1 is 1.45 bits per heavy atom. The summed E-state index contributed by atoms with van der Waals surface area (Å²) in [5.74, 6) is 0.376. The molecule has 0 saturated carbocycles. The second-order valence-corrected chi connectivity index (χ2v) is 5.71. The van der Waals surface area contributed by atoms with Crippen LogP contribution in [0.2, 0.25) is 0 Å². The van der Waals surface area contributed by atoms with E-state index in [1.54, 1.807) is 12.1 Å². The lowest BCUT2D eigenvalue weighted by Crippen LogP contribution is -3.18. The Morgan fingerprint density at radius 3 is 3.00 bits per heavy atom. The van der Waals surface area contributed by atoms with Crippen molar-refractivity contribution in [2.24, 2.45) is 0 Å². The van der Waals surface area contributed by atoms with Crippen molar-refractivity contribution in [1.82, 2.24) is 0 Å². The first-order valence-corrected chi connectivity index (χ1v) is 7.61. The molecule has 1 aliphatic heterocycles. The number of nitrogens with zero attached hydrogens (tertiary/aromatic N) is 1. The first-order chi connectivity index (χ1) is 10.6. The van der Waals surface area contributed by atoms with Crippen LogP contribution in [0.15, 0.2) is 24.3 Å². The van der Waals surface area contributed by atoms with Crippen LogP contribution in [0.5, 0.6) is 5.75 Å². The van der Waals surface area contributed by atoms with E-state index in [0.29, 0.717) is 12.3 Å². The highest BCUT2D eigenvalue weighted by Gasteiger charge is 2.27. The summed E-state index contributed by atoms with van der Waals surface area (Å²) in [5.41, 5.74) is -0.0333. The summed E-state index contributed by atoms with van der Waals surface area (Å²) in [6.45, 7) is 1.68. The van der Waals surface area contributed by atoms with Gasteiger partial charge >= 0.3 is 0 Å². The molecule has 0 amide bonds. The van der Waals surface area contributed by atoms with Crippen LogP contribution < -0.4 is 9.64 Å². The van der Waals surface area contributed by atoms with Gasteiger partial charge in [-0.15, -0.1) is 0 Å². The Kier molecular flexibility index (Phi) is 6.11. The number of nitrogens with one attached hydrogen (secondary N) is 1. The average Bonchev–Trinajstić information content (AvgIpc) is 2.53. The van der Waals surface area contributed by atoms with Crippen molar-refractivity contribution in [1.29, 1.82) is 0 Å². The molecule has 1 aromatic rings. The van der Waals surface area contributed by atoms with Gasteiger partial charge in [-0.3, -0.25) is 10.1 Å². The molecular weight excluding hydrogens is 288 g/mol. The van der Waals surface area contributed by atoms with E-state index in [-0.39, 0.29) is 24.9 Å². The molecule has 7 heteroatoms. The molecule has 7 nitrogen and oxygen atoms in total. The van der Waals surface area contributed by atoms with Gasteiger partial charge in [0.25, 0.3) is 5.69 Å². The van der Waals surface area contributed by atoms with E-state index in [4.69, 9.17) is 4.74 Å². The number of ether oxygens (including phenoxy) is 1. The number of nitro benzene ring substituents is 1. The number of piperidine rings is 1. The Bertz CT molecular complexity index is 497. The minimum absolute atomic E-state index is 0.0333. The number of quaternary nitrogens is 1. The number of benzene rings is 1. The van der Waals surface area contributed by atoms with Crippen molar-refractivity contribution < 1.29 is 24.8 Å². The molecule has 1 heterocycles. The number of likely N-dealkylation sites (tertiary alicyclic amines) is 1. The molecule has 0 radical (unpaired) electrons. The summed E-state index contributed by atoms with van der Waals surface area (Å²) in [7, 11) is 0. The number of hydrogen-bond acceptors (Lipinski definition) is 5. The molecule has 0 aliphatic carbocycles. The quantitative estimate of drug-likeness (QED) is 0.477. The smallest absolute Gasteiger partial charge is 0.273 e. The van der Waals surface area contributed by atoms with E-state index in [9.17, 15) is 20.3 Å². The van der Waals surface area contributed by atoms with Gasteiger partial charge in [0.15, 0.2) is 0 Å². The van der Waals surface area contributed by atoms with Gasteiger partial charge in [0.2, 0.25) is 0 Å². The topological polar surface area (TPSA) is 97.3 Å². The second kappa shape index (κ2) is 8.07. The highest BCUT2D eigenvalue weighted by molar-refractivity contribution is 5.37. The SMILES string of the molecule is O=[N+]([O-])c1cccc(OC[C@H](O)C[NH+]2CCCC[C@H]2CO)c1. The number of aliphatic hydroxyl groups excluding tert-OH is 2. The van der Waals surface area contributed by atoms with Crippen molar-refractivity contribution in [2.75, 3.05) is 26.3 Å². The van der Waals surface area contributed by atoms with Crippen LogP contribution in [0, 0.1) is 10.1 Å². The summed E-state index contributed by atoms with van der Waals surface area (Å²) < 4.78 is 5.44.